The maximum Gasteiger partial charge on any atom is 0.336 e. The van der Waals surface area contributed by atoms with E-state index in [1.807, 2.05) is 0 Å². The lowest BCUT2D eigenvalue weighted by atomic mass is 10.1. The third kappa shape index (κ3) is 3.07. The molecule has 0 N–H and O–H groups in total. The second kappa shape index (κ2) is 6.93. The van der Waals surface area contributed by atoms with Gasteiger partial charge in [-0.05, 0) is 36.8 Å². The van der Waals surface area contributed by atoms with Crippen LogP contribution in [0.2, 0.25) is 5.02 Å². The summed E-state index contributed by atoms with van der Waals surface area (Å²) in [6, 6.07) is 14.0. The Bertz CT molecular complexity index is 1500. The molecule has 30 heavy (non-hydrogen) atoms. The van der Waals surface area contributed by atoms with Crippen molar-refractivity contribution in [1.29, 1.82) is 0 Å². The highest BCUT2D eigenvalue weighted by molar-refractivity contribution is 6.32. The Hall–Kier alpha value is -3.78. The molecule has 0 saturated carbocycles. The predicted octanol–water partition coefficient (Wildman–Crippen LogP) is 4.79. The average Bonchev–Trinajstić information content (AvgIpc) is 3.13. The van der Waals surface area contributed by atoms with Crippen molar-refractivity contribution in [2.24, 2.45) is 0 Å². The second-order valence-electron chi connectivity index (χ2n) is 6.57. The molecule has 0 fully saturated rings. The van der Waals surface area contributed by atoms with Crippen molar-refractivity contribution < 1.29 is 13.5 Å². The van der Waals surface area contributed by atoms with Crippen LogP contribution in [0.3, 0.4) is 0 Å². The highest BCUT2D eigenvalue weighted by Gasteiger charge is 2.15. The van der Waals surface area contributed by atoms with Crippen LogP contribution in [0, 0.1) is 12.7 Å². The van der Waals surface area contributed by atoms with Crippen LogP contribution in [0.1, 0.15) is 5.56 Å². The number of benzene rings is 2. The fraction of sp³-hybridized carbons (Fsp3) is 0.0476. The summed E-state index contributed by atoms with van der Waals surface area (Å²) in [4.78, 5) is 11.7. The summed E-state index contributed by atoms with van der Waals surface area (Å²) in [6.07, 6.45) is 0. The number of rotatable bonds is 3. The van der Waals surface area contributed by atoms with E-state index >= 15 is 0 Å². The van der Waals surface area contributed by atoms with E-state index in [2.05, 4.69) is 15.3 Å². The van der Waals surface area contributed by atoms with E-state index in [4.69, 9.17) is 20.8 Å². The zero-order valence-electron chi connectivity index (χ0n) is 15.5. The minimum atomic E-state index is -0.466. The van der Waals surface area contributed by atoms with Crippen molar-refractivity contribution in [2.45, 2.75) is 6.92 Å². The van der Waals surface area contributed by atoms with E-state index in [0.717, 1.165) is 5.56 Å². The largest absolute Gasteiger partial charge is 0.436 e. The molecule has 0 amide bonds. The molecule has 0 bridgehead atoms. The van der Waals surface area contributed by atoms with Crippen LogP contribution in [-0.4, -0.2) is 19.8 Å². The summed E-state index contributed by atoms with van der Waals surface area (Å²) >= 11 is 6.36. The maximum absolute atomic E-state index is 14.2. The third-order valence-corrected chi connectivity index (χ3v) is 4.87. The van der Waals surface area contributed by atoms with Crippen molar-refractivity contribution >= 4 is 28.2 Å². The first-order chi connectivity index (χ1) is 14.5. The molecule has 3 aromatic heterocycles. The molecule has 7 nitrogen and oxygen atoms in total. The Morgan fingerprint density at radius 2 is 1.93 bits per heavy atom. The third-order valence-electron chi connectivity index (χ3n) is 4.57. The minimum absolute atomic E-state index is 0.177. The van der Waals surface area contributed by atoms with Crippen molar-refractivity contribution in [2.75, 3.05) is 0 Å². The lowest BCUT2D eigenvalue weighted by Gasteiger charge is -2.09. The number of aromatic nitrogens is 4. The van der Waals surface area contributed by atoms with Gasteiger partial charge in [-0.2, -0.15) is 4.52 Å². The van der Waals surface area contributed by atoms with Gasteiger partial charge in [0.05, 0.1) is 10.6 Å². The van der Waals surface area contributed by atoms with Gasteiger partial charge in [0.25, 0.3) is 0 Å². The van der Waals surface area contributed by atoms with Gasteiger partial charge in [-0.1, -0.05) is 23.7 Å². The van der Waals surface area contributed by atoms with Crippen LogP contribution in [0.4, 0.5) is 4.39 Å². The molecule has 5 rings (SSSR count). The number of hydrogen-bond acceptors (Lipinski definition) is 6. The molecule has 148 valence electrons. The molecule has 9 heteroatoms. The van der Waals surface area contributed by atoms with Crippen molar-refractivity contribution in [1.82, 2.24) is 19.8 Å². The van der Waals surface area contributed by atoms with Crippen LogP contribution >= 0.6 is 11.6 Å². The molecule has 0 aliphatic carbocycles. The second-order valence-corrected chi connectivity index (χ2v) is 6.98. The fourth-order valence-corrected chi connectivity index (χ4v) is 3.35. The average molecular weight is 423 g/mol. The van der Waals surface area contributed by atoms with E-state index < -0.39 is 11.4 Å². The van der Waals surface area contributed by atoms with Crippen LogP contribution in [-0.2, 0) is 0 Å². The molecule has 0 spiro atoms. The zero-order chi connectivity index (χ0) is 20.8. The Morgan fingerprint density at radius 3 is 2.77 bits per heavy atom. The molecule has 0 aliphatic heterocycles. The molecule has 3 heterocycles. The SMILES string of the molecule is Cc1cc(=O)oc2cc(Oc3ccc4nnc(-c5ccccc5F)n4n3)c(Cl)cc12. The summed E-state index contributed by atoms with van der Waals surface area (Å²) < 4.78 is 26.6. The fourth-order valence-electron chi connectivity index (χ4n) is 3.15. The highest BCUT2D eigenvalue weighted by atomic mass is 35.5. The van der Waals surface area contributed by atoms with Gasteiger partial charge in [0.1, 0.15) is 11.4 Å². The number of fused-ring (bicyclic) bond motifs is 2. The smallest absolute Gasteiger partial charge is 0.336 e. The Labute approximate surface area is 173 Å². The topological polar surface area (TPSA) is 82.5 Å². The van der Waals surface area contributed by atoms with Crippen LogP contribution in [0.15, 0.2) is 63.8 Å². The monoisotopic (exact) mass is 422 g/mol. The van der Waals surface area contributed by atoms with Crippen LogP contribution in [0.5, 0.6) is 11.6 Å². The maximum atomic E-state index is 14.2. The lowest BCUT2D eigenvalue weighted by Crippen LogP contribution is -2.00. The molecule has 2 aromatic carbocycles. The summed E-state index contributed by atoms with van der Waals surface area (Å²) in [5, 5.41) is 13.4. The van der Waals surface area contributed by atoms with Gasteiger partial charge < -0.3 is 9.15 Å². The van der Waals surface area contributed by atoms with Gasteiger partial charge in [-0.25, -0.2) is 9.18 Å². The molecule has 0 unspecified atom stereocenters. The quantitative estimate of drug-likeness (QED) is 0.389. The van der Waals surface area contributed by atoms with E-state index in [-0.39, 0.29) is 23.0 Å². The molecule has 0 radical (unpaired) electrons. The Morgan fingerprint density at radius 1 is 1.10 bits per heavy atom. The van der Waals surface area contributed by atoms with Gasteiger partial charge in [-0.3, -0.25) is 0 Å². The van der Waals surface area contributed by atoms with Crippen LogP contribution < -0.4 is 10.4 Å². The van der Waals surface area contributed by atoms with Crippen molar-refractivity contribution in [3.8, 4) is 23.0 Å². The minimum Gasteiger partial charge on any atom is -0.436 e. The molecular formula is C21H12ClFN4O3. The van der Waals surface area contributed by atoms with Gasteiger partial charge in [0.15, 0.2) is 17.2 Å². The molecule has 0 atom stereocenters. The summed E-state index contributed by atoms with van der Waals surface area (Å²) in [6.45, 7) is 1.79. The first kappa shape index (κ1) is 18.3. The Balaban J connectivity index is 1.59. The normalized spacial score (nSPS) is 11.3. The summed E-state index contributed by atoms with van der Waals surface area (Å²) in [7, 11) is 0. The van der Waals surface area contributed by atoms with E-state index in [1.165, 1.54) is 22.7 Å². The van der Waals surface area contributed by atoms with E-state index in [0.29, 0.717) is 21.6 Å². The number of ether oxygens (including phenoxy) is 1. The molecule has 5 aromatic rings. The molecule has 0 aliphatic rings. The highest BCUT2D eigenvalue weighted by Crippen LogP contribution is 2.33. The number of hydrogen-bond donors (Lipinski definition) is 0. The van der Waals surface area contributed by atoms with Gasteiger partial charge >= 0.3 is 5.63 Å². The number of aryl methyl sites for hydroxylation is 1. The zero-order valence-corrected chi connectivity index (χ0v) is 16.2. The van der Waals surface area contributed by atoms with E-state index in [1.54, 1.807) is 43.3 Å². The number of nitrogens with zero attached hydrogens (tertiary/aromatic N) is 4. The summed E-state index contributed by atoms with van der Waals surface area (Å²) in [5.74, 6) is 0.226. The predicted molar refractivity (Wildman–Crippen MR) is 108 cm³/mol. The van der Waals surface area contributed by atoms with Gasteiger partial charge in [0.2, 0.25) is 5.88 Å². The lowest BCUT2D eigenvalue weighted by molar-refractivity contribution is 0.451. The molecule has 0 saturated heterocycles. The standard InChI is InChI=1S/C21H12ClFN4O3/c1-11-8-20(28)30-16-10-17(14(22)9-13(11)16)29-19-7-6-18-24-25-21(27(18)26-19)12-4-2-3-5-15(12)23/h2-10H,1H3. The van der Waals surface area contributed by atoms with E-state index in [9.17, 15) is 9.18 Å². The van der Waals surface area contributed by atoms with Crippen molar-refractivity contribution in [3.63, 3.8) is 0 Å². The first-order valence-electron chi connectivity index (χ1n) is 8.89. The first-order valence-corrected chi connectivity index (χ1v) is 9.26. The molecular weight excluding hydrogens is 411 g/mol. The number of halogens is 2. The van der Waals surface area contributed by atoms with Gasteiger partial charge in [0, 0.05) is 23.6 Å². The Kier molecular flexibility index (Phi) is 4.22. The summed E-state index contributed by atoms with van der Waals surface area (Å²) in [5.41, 5.74) is 1.30. The van der Waals surface area contributed by atoms with Crippen LogP contribution in [0.25, 0.3) is 28.0 Å². The van der Waals surface area contributed by atoms with Gasteiger partial charge in [-0.15, -0.1) is 15.3 Å². The van der Waals surface area contributed by atoms with Crippen molar-refractivity contribution in [3.05, 3.63) is 81.4 Å².